The Morgan fingerprint density at radius 1 is 1.19 bits per heavy atom. The molecule has 1 aromatic carbocycles. The van der Waals surface area contributed by atoms with E-state index in [-0.39, 0.29) is 16.4 Å². The van der Waals surface area contributed by atoms with Gasteiger partial charge in [-0.3, -0.25) is 9.59 Å². The third-order valence-corrected chi connectivity index (χ3v) is 7.16. The van der Waals surface area contributed by atoms with Crippen LogP contribution in [0.3, 0.4) is 0 Å². The molecule has 1 aliphatic carbocycles. The second-order valence-electron chi connectivity index (χ2n) is 8.92. The fourth-order valence-corrected chi connectivity index (χ4v) is 4.27. The molecule has 1 amide bonds. The van der Waals surface area contributed by atoms with Crippen molar-refractivity contribution in [2.75, 3.05) is 5.32 Å². The van der Waals surface area contributed by atoms with Gasteiger partial charge in [0.1, 0.15) is 0 Å². The van der Waals surface area contributed by atoms with Crippen LogP contribution in [-0.2, 0) is 9.59 Å². The highest BCUT2D eigenvalue weighted by atomic mass is 35.5. The standard InChI is InChI=1S/C21H29Cl2NO2S/c1-13(2)7-10-21(8-6-9-21)18(25)24-16-11-14(22)15(23)12-17(16)27-19(26)20(3,4)5/h11-13H,6-10H2,1-5H3,(H,24,25). The van der Waals surface area contributed by atoms with Crippen LogP contribution in [0.5, 0.6) is 0 Å². The van der Waals surface area contributed by atoms with Gasteiger partial charge >= 0.3 is 0 Å². The summed E-state index contributed by atoms with van der Waals surface area (Å²) in [6, 6.07) is 3.31. The summed E-state index contributed by atoms with van der Waals surface area (Å²) >= 11 is 13.4. The average Bonchev–Trinajstić information content (AvgIpc) is 2.49. The van der Waals surface area contributed by atoms with Crippen LogP contribution in [0.15, 0.2) is 17.0 Å². The summed E-state index contributed by atoms with van der Waals surface area (Å²) in [5, 5.41) is 3.79. The highest BCUT2D eigenvalue weighted by Gasteiger charge is 2.43. The Balaban J connectivity index is 2.25. The molecular formula is C21H29Cl2NO2S. The van der Waals surface area contributed by atoms with E-state index in [9.17, 15) is 9.59 Å². The van der Waals surface area contributed by atoms with E-state index >= 15 is 0 Å². The fourth-order valence-electron chi connectivity index (χ4n) is 2.98. The maximum absolute atomic E-state index is 13.1. The Morgan fingerprint density at radius 3 is 2.26 bits per heavy atom. The van der Waals surface area contributed by atoms with Gasteiger partial charge in [-0.2, -0.15) is 0 Å². The number of thioether (sulfide) groups is 1. The number of rotatable bonds is 6. The summed E-state index contributed by atoms with van der Waals surface area (Å²) in [7, 11) is 0. The Labute approximate surface area is 177 Å². The highest BCUT2D eigenvalue weighted by Crippen LogP contribution is 2.47. The van der Waals surface area contributed by atoms with E-state index in [1.165, 1.54) is 0 Å². The van der Waals surface area contributed by atoms with E-state index in [1.807, 2.05) is 20.8 Å². The minimum Gasteiger partial charge on any atom is -0.325 e. The van der Waals surface area contributed by atoms with Crippen molar-refractivity contribution >= 4 is 51.7 Å². The van der Waals surface area contributed by atoms with Gasteiger partial charge in [-0.15, -0.1) is 0 Å². The molecule has 0 heterocycles. The molecule has 0 aromatic heterocycles. The third kappa shape index (κ3) is 5.65. The molecule has 27 heavy (non-hydrogen) atoms. The van der Waals surface area contributed by atoms with Gasteiger partial charge in [0.05, 0.1) is 15.7 Å². The zero-order chi connectivity index (χ0) is 20.4. The van der Waals surface area contributed by atoms with Gasteiger partial charge in [-0.25, -0.2) is 0 Å². The highest BCUT2D eigenvalue weighted by molar-refractivity contribution is 8.13. The lowest BCUT2D eigenvalue weighted by molar-refractivity contribution is -0.131. The van der Waals surface area contributed by atoms with Crippen molar-refractivity contribution in [3.05, 3.63) is 22.2 Å². The van der Waals surface area contributed by atoms with Crippen molar-refractivity contribution in [1.82, 2.24) is 0 Å². The smallest absolute Gasteiger partial charge is 0.230 e. The lowest BCUT2D eigenvalue weighted by Crippen LogP contribution is -2.42. The van der Waals surface area contributed by atoms with Crippen LogP contribution in [0, 0.1) is 16.7 Å². The fraction of sp³-hybridized carbons (Fsp3) is 0.619. The molecule has 0 aliphatic heterocycles. The first-order valence-corrected chi connectivity index (χ1v) is 11.0. The number of hydrogen-bond donors (Lipinski definition) is 1. The van der Waals surface area contributed by atoms with Crippen LogP contribution in [0.4, 0.5) is 5.69 Å². The van der Waals surface area contributed by atoms with Crippen LogP contribution < -0.4 is 5.32 Å². The van der Waals surface area contributed by atoms with Crippen molar-refractivity contribution in [2.24, 2.45) is 16.7 Å². The number of nitrogens with one attached hydrogen (secondary N) is 1. The zero-order valence-corrected chi connectivity index (χ0v) is 19.1. The van der Waals surface area contributed by atoms with Crippen molar-refractivity contribution < 1.29 is 9.59 Å². The molecule has 150 valence electrons. The third-order valence-electron chi connectivity index (χ3n) is 5.08. The van der Waals surface area contributed by atoms with E-state index in [0.717, 1.165) is 43.9 Å². The Hall–Kier alpha value is -0.710. The van der Waals surface area contributed by atoms with Gasteiger partial charge in [0.25, 0.3) is 0 Å². The first kappa shape index (κ1) is 22.6. The summed E-state index contributed by atoms with van der Waals surface area (Å²) < 4.78 is 0. The molecule has 0 atom stereocenters. The molecule has 1 aromatic rings. The Kier molecular flexibility index (Phi) is 7.32. The number of benzene rings is 1. The number of halogens is 2. The van der Waals surface area contributed by atoms with E-state index in [2.05, 4.69) is 19.2 Å². The van der Waals surface area contributed by atoms with E-state index in [4.69, 9.17) is 23.2 Å². The van der Waals surface area contributed by atoms with Crippen LogP contribution >= 0.6 is 35.0 Å². The number of amides is 1. The van der Waals surface area contributed by atoms with Gasteiger partial charge in [-0.05, 0) is 55.5 Å². The van der Waals surface area contributed by atoms with Crippen LogP contribution in [0.25, 0.3) is 0 Å². The van der Waals surface area contributed by atoms with Crippen LogP contribution in [0.1, 0.15) is 66.7 Å². The molecule has 0 unspecified atom stereocenters. The van der Waals surface area contributed by atoms with Crippen LogP contribution in [0.2, 0.25) is 10.0 Å². The molecule has 1 aliphatic rings. The van der Waals surface area contributed by atoms with Crippen LogP contribution in [-0.4, -0.2) is 11.0 Å². The SMILES string of the molecule is CC(C)CCC1(C(=O)Nc2cc(Cl)c(Cl)cc2SC(=O)C(C)(C)C)CCC1. The predicted molar refractivity (Wildman–Crippen MR) is 116 cm³/mol. The minimum atomic E-state index is -0.496. The Bertz CT molecular complexity index is 722. The molecule has 6 heteroatoms. The first-order chi connectivity index (χ1) is 12.4. The van der Waals surface area contributed by atoms with Crippen molar-refractivity contribution in [3.8, 4) is 0 Å². The van der Waals surface area contributed by atoms with Gasteiger partial charge in [0.2, 0.25) is 5.91 Å². The summed E-state index contributed by atoms with van der Waals surface area (Å²) in [5.41, 5.74) is -0.232. The van der Waals surface area contributed by atoms with Crippen molar-refractivity contribution in [2.45, 2.75) is 71.6 Å². The lowest BCUT2D eigenvalue weighted by atomic mass is 9.64. The molecule has 0 spiro atoms. The van der Waals surface area contributed by atoms with Gasteiger partial charge in [0.15, 0.2) is 5.12 Å². The monoisotopic (exact) mass is 429 g/mol. The predicted octanol–water partition coefficient (Wildman–Crippen LogP) is 7.20. The van der Waals surface area contributed by atoms with Gasteiger partial charge in [0, 0.05) is 15.7 Å². The average molecular weight is 430 g/mol. The molecule has 3 nitrogen and oxygen atoms in total. The van der Waals surface area contributed by atoms with E-state index in [0.29, 0.717) is 26.5 Å². The summed E-state index contributed by atoms with van der Waals surface area (Å²) in [6.45, 7) is 9.96. The molecule has 0 bridgehead atoms. The number of carbonyl (C=O) groups is 2. The molecule has 1 fully saturated rings. The second-order valence-corrected chi connectivity index (χ2v) is 10.8. The molecule has 0 saturated heterocycles. The van der Waals surface area contributed by atoms with Gasteiger partial charge < -0.3 is 5.32 Å². The van der Waals surface area contributed by atoms with Crippen molar-refractivity contribution in [3.63, 3.8) is 0 Å². The molecular weight excluding hydrogens is 401 g/mol. The summed E-state index contributed by atoms with van der Waals surface area (Å²) in [6.07, 6.45) is 4.82. The van der Waals surface area contributed by atoms with E-state index < -0.39 is 5.41 Å². The molecule has 2 rings (SSSR count). The number of anilines is 1. The van der Waals surface area contributed by atoms with Crippen molar-refractivity contribution in [1.29, 1.82) is 0 Å². The first-order valence-electron chi connectivity index (χ1n) is 9.47. The molecule has 1 N–H and O–H groups in total. The normalized spacial score (nSPS) is 16.1. The van der Waals surface area contributed by atoms with E-state index in [1.54, 1.807) is 12.1 Å². The number of carbonyl (C=O) groups excluding carboxylic acids is 2. The zero-order valence-electron chi connectivity index (χ0n) is 16.7. The molecule has 1 saturated carbocycles. The largest absolute Gasteiger partial charge is 0.325 e. The lowest BCUT2D eigenvalue weighted by Gasteiger charge is -2.41. The topological polar surface area (TPSA) is 46.2 Å². The maximum atomic E-state index is 13.1. The second kappa shape index (κ2) is 8.75. The summed E-state index contributed by atoms with van der Waals surface area (Å²) in [4.78, 5) is 26.2. The van der Waals surface area contributed by atoms with Gasteiger partial charge in [-0.1, -0.05) is 64.2 Å². The summed E-state index contributed by atoms with van der Waals surface area (Å²) in [5.74, 6) is 0.591. The minimum absolute atomic E-state index is 0.00885. The number of hydrogen-bond acceptors (Lipinski definition) is 3. The quantitative estimate of drug-likeness (QED) is 0.485. The Morgan fingerprint density at radius 2 is 1.78 bits per heavy atom. The maximum Gasteiger partial charge on any atom is 0.230 e. The molecule has 0 radical (unpaired) electrons.